The molecule has 1 N–H and O–H groups in total. The first-order chi connectivity index (χ1) is 12.2. The molecule has 0 spiro atoms. The Morgan fingerprint density at radius 1 is 1.27 bits per heavy atom. The highest BCUT2D eigenvalue weighted by Gasteiger charge is 2.35. The monoisotopic (exact) mass is 373 g/mol. The topological polar surface area (TPSA) is 66.8 Å². The molecule has 1 atom stereocenters. The lowest BCUT2D eigenvalue weighted by Gasteiger charge is -2.34. The van der Waals surface area contributed by atoms with Crippen LogP contribution in [0.2, 0.25) is 0 Å². The van der Waals surface area contributed by atoms with Gasteiger partial charge in [-0.1, -0.05) is 25.1 Å². The average Bonchev–Trinajstić information content (AvgIpc) is 2.59. The second-order valence-electron chi connectivity index (χ2n) is 6.45. The van der Waals surface area contributed by atoms with Gasteiger partial charge in [-0.05, 0) is 30.4 Å². The summed E-state index contributed by atoms with van der Waals surface area (Å²) in [4.78, 5) is 25.0. The van der Waals surface area contributed by atoms with Gasteiger partial charge in [0, 0.05) is 25.7 Å². The Morgan fingerprint density at radius 3 is 2.46 bits per heavy atom. The maximum atomic E-state index is 13.2. The Hall–Kier alpha value is -2.09. The molecule has 0 radical (unpaired) electrons. The van der Waals surface area contributed by atoms with E-state index in [0.717, 1.165) is 6.07 Å². The number of alkyl halides is 3. The van der Waals surface area contributed by atoms with Crippen molar-refractivity contribution in [3.63, 3.8) is 0 Å². The van der Waals surface area contributed by atoms with Gasteiger partial charge in [-0.3, -0.25) is 9.59 Å². The van der Waals surface area contributed by atoms with Crippen LogP contribution in [0.25, 0.3) is 0 Å². The Bertz CT molecular complexity index is 642. The van der Waals surface area contributed by atoms with Gasteiger partial charge in [-0.2, -0.15) is 13.2 Å². The largest absolute Gasteiger partial charge is 0.480 e. The molecule has 1 aromatic rings. The zero-order valence-corrected chi connectivity index (χ0v) is 14.5. The second-order valence-corrected chi connectivity index (χ2v) is 6.45. The van der Waals surface area contributed by atoms with Crippen molar-refractivity contribution in [2.45, 2.75) is 44.3 Å². The Kier molecular flexibility index (Phi) is 6.63. The van der Waals surface area contributed by atoms with Gasteiger partial charge in [-0.15, -0.1) is 0 Å². The lowest BCUT2D eigenvalue weighted by molar-refractivity contribution is -0.148. The van der Waals surface area contributed by atoms with Crippen LogP contribution in [0.4, 0.5) is 13.2 Å². The molecule has 5 nitrogen and oxygen atoms in total. The zero-order valence-electron chi connectivity index (χ0n) is 14.5. The van der Waals surface area contributed by atoms with Gasteiger partial charge in [0.2, 0.25) is 5.91 Å². The average molecular weight is 373 g/mol. The Labute approximate surface area is 149 Å². The lowest BCUT2D eigenvalue weighted by Crippen LogP contribution is -2.46. The van der Waals surface area contributed by atoms with E-state index in [1.165, 1.54) is 23.1 Å². The number of halogens is 3. The van der Waals surface area contributed by atoms with E-state index in [0.29, 0.717) is 26.1 Å². The molecule has 1 amide bonds. The molecule has 144 valence electrons. The lowest BCUT2D eigenvalue weighted by atomic mass is 9.92. The molecular weight excluding hydrogens is 351 g/mol. The van der Waals surface area contributed by atoms with E-state index in [9.17, 15) is 22.8 Å². The van der Waals surface area contributed by atoms with Gasteiger partial charge in [0.15, 0.2) is 0 Å². The van der Waals surface area contributed by atoms with Crippen molar-refractivity contribution in [1.82, 2.24) is 4.90 Å². The van der Waals surface area contributed by atoms with Gasteiger partial charge < -0.3 is 14.7 Å². The number of rotatable bonds is 6. The summed E-state index contributed by atoms with van der Waals surface area (Å²) in [6.45, 7) is 1.95. The third-order valence-corrected chi connectivity index (χ3v) is 4.54. The van der Waals surface area contributed by atoms with Crippen molar-refractivity contribution >= 4 is 11.9 Å². The van der Waals surface area contributed by atoms with Crippen LogP contribution in [0.5, 0.6) is 0 Å². The predicted octanol–water partition coefficient (Wildman–Crippen LogP) is 3.29. The Morgan fingerprint density at radius 2 is 1.88 bits per heavy atom. The van der Waals surface area contributed by atoms with Crippen molar-refractivity contribution < 1.29 is 32.6 Å². The first-order valence-electron chi connectivity index (χ1n) is 8.45. The highest BCUT2D eigenvalue weighted by atomic mass is 19.4. The van der Waals surface area contributed by atoms with E-state index < -0.39 is 36.1 Å². The van der Waals surface area contributed by atoms with Crippen molar-refractivity contribution in [2.24, 2.45) is 0 Å². The third-order valence-electron chi connectivity index (χ3n) is 4.54. The van der Waals surface area contributed by atoms with Gasteiger partial charge >= 0.3 is 12.1 Å². The maximum absolute atomic E-state index is 13.2. The molecule has 1 aliphatic heterocycles. The highest BCUT2D eigenvalue weighted by molar-refractivity contribution is 5.82. The number of hydrogen-bond donors (Lipinski definition) is 1. The predicted molar refractivity (Wildman–Crippen MR) is 87.7 cm³/mol. The van der Waals surface area contributed by atoms with Crippen LogP contribution >= 0.6 is 0 Å². The molecule has 0 saturated carbocycles. The summed E-state index contributed by atoms with van der Waals surface area (Å²) in [5, 5.41) is 9.09. The van der Waals surface area contributed by atoms with Crippen LogP contribution < -0.4 is 0 Å². The number of carboxylic acid groups (broad SMARTS) is 1. The van der Waals surface area contributed by atoms with Crippen molar-refractivity contribution in [3.8, 4) is 0 Å². The number of hydrogen-bond acceptors (Lipinski definition) is 3. The smallest absolute Gasteiger partial charge is 0.416 e. The molecule has 1 unspecified atom stereocenters. The molecule has 8 heteroatoms. The van der Waals surface area contributed by atoms with Crippen LogP contribution in [-0.4, -0.2) is 47.7 Å². The fourth-order valence-corrected chi connectivity index (χ4v) is 3.24. The zero-order chi connectivity index (χ0) is 19.3. The molecule has 26 heavy (non-hydrogen) atoms. The number of carbonyl (C=O) groups excluding carboxylic acids is 1. The first kappa shape index (κ1) is 20.2. The molecular formula is C18H22F3NO4. The fourth-order valence-electron chi connectivity index (χ4n) is 3.24. The van der Waals surface area contributed by atoms with Crippen LogP contribution in [0, 0.1) is 0 Å². The molecule has 2 rings (SSSR count). The summed E-state index contributed by atoms with van der Waals surface area (Å²) in [6, 6.07) is 4.89. The van der Waals surface area contributed by atoms with Gasteiger partial charge in [0.1, 0.15) is 6.54 Å². The molecule has 1 saturated heterocycles. The minimum absolute atomic E-state index is 0.0376. The van der Waals surface area contributed by atoms with Crippen molar-refractivity contribution in [3.05, 3.63) is 35.4 Å². The number of nitrogens with zero attached hydrogens (tertiary/aromatic N) is 1. The van der Waals surface area contributed by atoms with E-state index in [1.807, 2.05) is 0 Å². The van der Waals surface area contributed by atoms with E-state index in [1.54, 1.807) is 6.92 Å². The molecule has 0 aromatic heterocycles. The van der Waals surface area contributed by atoms with E-state index in [2.05, 4.69) is 0 Å². The summed E-state index contributed by atoms with van der Waals surface area (Å²) in [5.41, 5.74) is -0.730. The summed E-state index contributed by atoms with van der Waals surface area (Å²) >= 11 is 0. The van der Waals surface area contributed by atoms with Crippen LogP contribution in [0.1, 0.15) is 43.2 Å². The highest BCUT2D eigenvalue weighted by Crippen LogP contribution is 2.36. The SMILES string of the molecule is CC(CC(=O)N(CC(=O)O)C1CCOCC1)c1ccccc1C(F)(F)F. The first-order valence-corrected chi connectivity index (χ1v) is 8.45. The van der Waals surface area contributed by atoms with E-state index >= 15 is 0 Å². The minimum Gasteiger partial charge on any atom is -0.480 e. The number of benzene rings is 1. The third kappa shape index (κ3) is 5.20. The quantitative estimate of drug-likeness (QED) is 0.831. The van der Waals surface area contributed by atoms with Gasteiger partial charge in [-0.25, -0.2) is 0 Å². The van der Waals surface area contributed by atoms with Crippen LogP contribution in [0.3, 0.4) is 0 Å². The molecule has 1 fully saturated rings. The molecule has 0 bridgehead atoms. The summed E-state index contributed by atoms with van der Waals surface area (Å²) in [6.07, 6.45) is -3.65. The van der Waals surface area contributed by atoms with E-state index in [4.69, 9.17) is 9.84 Å². The molecule has 0 aliphatic carbocycles. The summed E-state index contributed by atoms with van der Waals surface area (Å²) in [5.74, 6) is -2.28. The normalized spacial score (nSPS) is 16.9. The maximum Gasteiger partial charge on any atom is 0.416 e. The van der Waals surface area contributed by atoms with Crippen molar-refractivity contribution in [2.75, 3.05) is 19.8 Å². The fraction of sp³-hybridized carbons (Fsp3) is 0.556. The molecule has 1 aliphatic rings. The molecule has 1 heterocycles. The number of aliphatic carboxylic acids is 1. The van der Waals surface area contributed by atoms with E-state index in [-0.39, 0.29) is 18.0 Å². The molecule has 1 aromatic carbocycles. The summed E-state index contributed by atoms with van der Waals surface area (Å²) < 4.78 is 44.8. The van der Waals surface area contributed by atoms with Crippen molar-refractivity contribution in [1.29, 1.82) is 0 Å². The number of carbonyl (C=O) groups is 2. The van der Waals surface area contributed by atoms with Gasteiger partial charge in [0.05, 0.1) is 5.56 Å². The summed E-state index contributed by atoms with van der Waals surface area (Å²) in [7, 11) is 0. The number of ether oxygens (including phenoxy) is 1. The van der Waals surface area contributed by atoms with Gasteiger partial charge in [0.25, 0.3) is 0 Å². The Balaban J connectivity index is 2.16. The standard InChI is InChI=1S/C18H22F3NO4/c1-12(14-4-2-3-5-15(14)18(19,20)21)10-16(23)22(11-17(24)25)13-6-8-26-9-7-13/h2-5,12-13H,6-11H2,1H3,(H,24,25). The van der Waals surface area contributed by atoms with Crippen LogP contribution in [-0.2, 0) is 20.5 Å². The second kappa shape index (κ2) is 8.53. The number of carboxylic acids is 1. The number of amides is 1. The minimum atomic E-state index is -4.50. The van der Waals surface area contributed by atoms with Crippen LogP contribution in [0.15, 0.2) is 24.3 Å².